The van der Waals surface area contributed by atoms with Gasteiger partial charge in [-0.25, -0.2) is 4.98 Å². The van der Waals surface area contributed by atoms with Crippen molar-refractivity contribution >= 4 is 23.0 Å². The molecule has 1 heterocycles. The number of hydrogen-bond donors (Lipinski definition) is 0. The fraction of sp³-hybridized carbons (Fsp3) is 0. The quantitative estimate of drug-likeness (QED) is 0.192. The molecular weight excluding hydrogens is 388 g/mol. The lowest BCUT2D eigenvalue weighted by atomic mass is 9.91. The smallest absolute Gasteiger partial charge is 0.210 e. The Bertz CT molecular complexity index is 1190. The first-order chi connectivity index (χ1) is 15.2. The Kier molecular flexibility index (Phi) is 5.76. The van der Waals surface area contributed by atoms with Crippen LogP contribution in [0.5, 0.6) is 0 Å². The van der Waals surface area contributed by atoms with E-state index in [9.17, 15) is 14.4 Å². The molecule has 4 aromatic rings. The van der Waals surface area contributed by atoms with Crippen LogP contribution in [0.25, 0.3) is 5.70 Å². The Morgan fingerprint density at radius 1 is 0.581 bits per heavy atom. The van der Waals surface area contributed by atoms with Gasteiger partial charge in [0, 0.05) is 29.1 Å². The first-order valence-electron chi connectivity index (χ1n) is 9.68. The van der Waals surface area contributed by atoms with Gasteiger partial charge in [0.15, 0.2) is 11.6 Å². The van der Waals surface area contributed by atoms with Gasteiger partial charge in [-0.15, -0.1) is 0 Å². The number of carbonyl (C=O) groups is 3. The van der Waals surface area contributed by atoms with Crippen molar-refractivity contribution in [1.82, 2.24) is 9.55 Å². The van der Waals surface area contributed by atoms with E-state index >= 15 is 0 Å². The lowest BCUT2D eigenvalue weighted by Crippen LogP contribution is -2.22. The highest BCUT2D eigenvalue weighted by atomic mass is 16.2. The third kappa shape index (κ3) is 4.16. The van der Waals surface area contributed by atoms with Crippen molar-refractivity contribution in [2.24, 2.45) is 0 Å². The van der Waals surface area contributed by atoms with E-state index in [-0.39, 0.29) is 11.3 Å². The maximum atomic E-state index is 13.6. The molecule has 0 amide bonds. The second kappa shape index (κ2) is 8.97. The van der Waals surface area contributed by atoms with Crippen molar-refractivity contribution in [3.8, 4) is 0 Å². The zero-order valence-electron chi connectivity index (χ0n) is 16.5. The van der Waals surface area contributed by atoms with Crippen molar-refractivity contribution in [2.45, 2.75) is 0 Å². The Morgan fingerprint density at radius 2 is 1.00 bits per heavy atom. The van der Waals surface area contributed by atoms with Crippen molar-refractivity contribution in [1.29, 1.82) is 0 Å². The maximum absolute atomic E-state index is 13.6. The molecule has 0 N–H and O–H groups in total. The van der Waals surface area contributed by atoms with Crippen LogP contribution in [0, 0.1) is 0 Å². The van der Waals surface area contributed by atoms with E-state index in [1.807, 2.05) is 0 Å². The van der Waals surface area contributed by atoms with Gasteiger partial charge >= 0.3 is 0 Å². The molecule has 0 saturated carbocycles. The topological polar surface area (TPSA) is 69.0 Å². The van der Waals surface area contributed by atoms with Crippen LogP contribution in [0.15, 0.2) is 115 Å². The van der Waals surface area contributed by atoms with E-state index < -0.39 is 17.3 Å². The van der Waals surface area contributed by atoms with E-state index in [1.165, 1.54) is 17.1 Å². The Hall–Kier alpha value is -4.38. The molecule has 0 aliphatic carbocycles. The SMILES string of the molecule is O=C(C(C(=O)c1ccccc1)=C(C(=O)c1ccccc1)n1ccnc1)c1ccccc1. The molecule has 0 saturated heterocycles. The van der Waals surface area contributed by atoms with Crippen molar-refractivity contribution in [3.63, 3.8) is 0 Å². The monoisotopic (exact) mass is 406 g/mol. The van der Waals surface area contributed by atoms with Gasteiger partial charge in [-0.1, -0.05) is 91.0 Å². The van der Waals surface area contributed by atoms with E-state index in [1.54, 1.807) is 97.2 Å². The van der Waals surface area contributed by atoms with Crippen LogP contribution in [-0.4, -0.2) is 26.9 Å². The molecule has 4 rings (SSSR count). The number of allylic oxidation sites excluding steroid dienone is 2. The predicted octanol–water partition coefficient (Wildman–Crippen LogP) is 4.74. The van der Waals surface area contributed by atoms with E-state index in [4.69, 9.17) is 0 Å². The number of rotatable bonds is 7. The summed E-state index contributed by atoms with van der Waals surface area (Å²) in [5, 5.41) is 0. The van der Waals surface area contributed by atoms with Gasteiger partial charge in [0.05, 0.1) is 11.9 Å². The number of hydrogen-bond acceptors (Lipinski definition) is 4. The van der Waals surface area contributed by atoms with Crippen molar-refractivity contribution < 1.29 is 14.4 Å². The Morgan fingerprint density at radius 3 is 1.39 bits per heavy atom. The summed E-state index contributed by atoms with van der Waals surface area (Å²) in [6.07, 6.45) is 4.45. The molecule has 0 atom stereocenters. The zero-order valence-corrected chi connectivity index (χ0v) is 16.5. The van der Waals surface area contributed by atoms with Gasteiger partial charge in [-0.3, -0.25) is 14.4 Å². The number of aromatic nitrogens is 2. The molecule has 0 aliphatic rings. The van der Waals surface area contributed by atoms with E-state index in [0.29, 0.717) is 16.7 Å². The summed E-state index contributed by atoms with van der Waals surface area (Å²) in [6, 6.07) is 25.5. The molecule has 0 aliphatic heterocycles. The van der Waals surface area contributed by atoms with Crippen LogP contribution in [-0.2, 0) is 0 Å². The second-order valence-electron chi connectivity index (χ2n) is 6.78. The Balaban J connectivity index is 2.00. The average Bonchev–Trinajstić information content (AvgIpc) is 3.37. The van der Waals surface area contributed by atoms with Gasteiger partial charge in [0.1, 0.15) is 5.70 Å². The van der Waals surface area contributed by atoms with Crippen LogP contribution in [0.3, 0.4) is 0 Å². The molecule has 0 fully saturated rings. The summed E-state index contributed by atoms with van der Waals surface area (Å²) >= 11 is 0. The van der Waals surface area contributed by atoms with Crippen LogP contribution >= 0.6 is 0 Å². The molecule has 0 bridgehead atoms. The van der Waals surface area contributed by atoms with Crippen molar-refractivity contribution in [3.05, 3.63) is 132 Å². The molecule has 5 nitrogen and oxygen atoms in total. The number of ketones is 3. The van der Waals surface area contributed by atoms with Gasteiger partial charge in [-0.2, -0.15) is 0 Å². The highest BCUT2D eigenvalue weighted by molar-refractivity contribution is 6.41. The van der Waals surface area contributed by atoms with Gasteiger partial charge in [0.2, 0.25) is 5.78 Å². The van der Waals surface area contributed by atoms with Crippen LogP contribution in [0.2, 0.25) is 0 Å². The second-order valence-corrected chi connectivity index (χ2v) is 6.78. The van der Waals surface area contributed by atoms with Gasteiger partial charge < -0.3 is 4.57 Å². The minimum absolute atomic E-state index is 0.0357. The van der Waals surface area contributed by atoms with E-state index in [2.05, 4.69) is 4.98 Å². The standard InChI is InChI=1S/C26H18N2O3/c29-24(19-10-4-1-5-11-19)22(25(30)20-12-6-2-7-13-20)23(28-17-16-27-18-28)26(31)21-14-8-3-9-15-21/h1-18H. The lowest BCUT2D eigenvalue weighted by Gasteiger charge is -2.15. The zero-order chi connectivity index (χ0) is 21.6. The third-order valence-electron chi connectivity index (χ3n) is 4.78. The molecular formula is C26H18N2O3. The van der Waals surface area contributed by atoms with Gasteiger partial charge in [0.25, 0.3) is 0 Å². The molecule has 0 radical (unpaired) electrons. The summed E-state index contributed by atoms with van der Waals surface area (Å²) in [5.41, 5.74) is 0.765. The van der Waals surface area contributed by atoms with Crippen LogP contribution < -0.4 is 0 Å². The minimum atomic E-state index is -0.526. The highest BCUT2D eigenvalue weighted by Crippen LogP contribution is 2.24. The highest BCUT2D eigenvalue weighted by Gasteiger charge is 2.30. The fourth-order valence-corrected chi connectivity index (χ4v) is 3.26. The van der Waals surface area contributed by atoms with Gasteiger partial charge in [-0.05, 0) is 0 Å². The summed E-state index contributed by atoms with van der Waals surface area (Å²) in [5.74, 6) is -1.49. The maximum Gasteiger partial charge on any atom is 0.210 e. The average molecular weight is 406 g/mol. The third-order valence-corrected chi connectivity index (χ3v) is 4.78. The number of carbonyl (C=O) groups excluding carboxylic acids is 3. The van der Waals surface area contributed by atoms with Crippen molar-refractivity contribution in [2.75, 3.05) is 0 Å². The first kappa shape index (κ1) is 19.9. The largest absolute Gasteiger partial charge is 0.302 e. The van der Waals surface area contributed by atoms with Crippen LogP contribution in [0.4, 0.5) is 0 Å². The number of Topliss-reactive ketones (excluding diaryl/α,β-unsaturated/α-hetero) is 3. The molecule has 1 aromatic heterocycles. The normalized spacial score (nSPS) is 10.3. The summed E-state index contributed by atoms with van der Waals surface area (Å²) in [4.78, 5) is 44.7. The molecule has 3 aromatic carbocycles. The predicted molar refractivity (Wildman–Crippen MR) is 118 cm³/mol. The number of imidazole rings is 1. The van der Waals surface area contributed by atoms with E-state index in [0.717, 1.165) is 0 Å². The summed E-state index contributed by atoms with van der Waals surface area (Å²) < 4.78 is 1.42. The first-order valence-corrected chi connectivity index (χ1v) is 9.68. The fourth-order valence-electron chi connectivity index (χ4n) is 3.26. The summed E-state index contributed by atoms with van der Waals surface area (Å²) in [6.45, 7) is 0. The van der Waals surface area contributed by atoms with Crippen LogP contribution in [0.1, 0.15) is 31.1 Å². The summed E-state index contributed by atoms with van der Waals surface area (Å²) in [7, 11) is 0. The molecule has 31 heavy (non-hydrogen) atoms. The molecule has 0 unspecified atom stereocenters. The Labute approximate surface area is 179 Å². The minimum Gasteiger partial charge on any atom is -0.302 e. The molecule has 150 valence electrons. The molecule has 0 spiro atoms. The number of nitrogens with zero attached hydrogens (tertiary/aromatic N) is 2. The molecule has 5 heteroatoms. The number of benzene rings is 3. The lowest BCUT2D eigenvalue weighted by molar-refractivity contribution is 0.0951.